The monoisotopic (exact) mass is 486 g/mol. The van der Waals surface area contributed by atoms with Crippen LogP contribution in [0.2, 0.25) is 0 Å². The third kappa shape index (κ3) is 3.35. The van der Waals surface area contributed by atoms with Crippen LogP contribution in [0.15, 0.2) is 84.9 Å². The van der Waals surface area contributed by atoms with E-state index in [2.05, 4.69) is 0 Å². The molecule has 5 rings (SSSR count). The van der Waals surface area contributed by atoms with Gasteiger partial charge in [0.05, 0.1) is 16.5 Å². The number of rotatable bonds is 2. The number of phenols is 2. The summed E-state index contributed by atoms with van der Waals surface area (Å²) in [5.74, 6) is -1.98. The molecule has 0 fully saturated rings. The molecule has 2 nitrogen and oxygen atoms in total. The third-order valence-electron chi connectivity index (χ3n) is 6.42. The molecule has 0 saturated heterocycles. The van der Waals surface area contributed by atoms with Crippen LogP contribution >= 0.6 is 0 Å². The molecule has 4 aromatic rings. The quantitative estimate of drug-likeness (QED) is 0.254. The second-order valence-corrected chi connectivity index (χ2v) is 8.30. The van der Waals surface area contributed by atoms with Crippen LogP contribution in [0.5, 0.6) is 11.5 Å². The molecule has 0 bridgehead atoms. The number of benzene rings is 4. The molecular formula is C27H16F6O2. The molecule has 1 aliphatic carbocycles. The van der Waals surface area contributed by atoms with Crippen molar-refractivity contribution >= 4 is 0 Å². The van der Waals surface area contributed by atoms with Crippen molar-refractivity contribution in [2.24, 2.45) is 0 Å². The van der Waals surface area contributed by atoms with Gasteiger partial charge in [-0.2, -0.15) is 26.3 Å². The van der Waals surface area contributed by atoms with E-state index in [-0.39, 0.29) is 11.1 Å². The van der Waals surface area contributed by atoms with Crippen LogP contribution in [-0.2, 0) is 17.8 Å². The highest BCUT2D eigenvalue weighted by Crippen LogP contribution is 2.57. The summed E-state index contributed by atoms with van der Waals surface area (Å²) in [4.78, 5) is 0. The van der Waals surface area contributed by atoms with Gasteiger partial charge in [0.15, 0.2) is 0 Å². The van der Waals surface area contributed by atoms with Gasteiger partial charge in [-0.1, -0.05) is 60.7 Å². The second kappa shape index (κ2) is 7.53. The highest BCUT2D eigenvalue weighted by Gasteiger charge is 2.48. The van der Waals surface area contributed by atoms with Crippen LogP contribution in [-0.4, -0.2) is 10.2 Å². The lowest BCUT2D eigenvalue weighted by molar-refractivity contribution is -0.139. The van der Waals surface area contributed by atoms with Crippen molar-refractivity contribution in [2.75, 3.05) is 0 Å². The maximum Gasteiger partial charge on any atom is 0.419 e. The van der Waals surface area contributed by atoms with Gasteiger partial charge in [-0.25, -0.2) is 0 Å². The number of alkyl halides is 6. The number of phenolic OH excluding ortho intramolecular Hbond substituents is 2. The minimum atomic E-state index is -4.90. The Balaban J connectivity index is 1.96. The highest BCUT2D eigenvalue weighted by molar-refractivity contribution is 5.86. The lowest BCUT2D eigenvalue weighted by Crippen LogP contribution is -2.29. The molecule has 8 heteroatoms. The van der Waals surface area contributed by atoms with Crippen LogP contribution in [0.3, 0.4) is 0 Å². The fourth-order valence-corrected chi connectivity index (χ4v) is 5.02. The van der Waals surface area contributed by atoms with Crippen molar-refractivity contribution < 1.29 is 36.6 Å². The molecule has 0 aromatic heterocycles. The minimum absolute atomic E-state index is 0.0267. The van der Waals surface area contributed by atoms with E-state index in [1.165, 1.54) is 12.1 Å². The van der Waals surface area contributed by atoms with Gasteiger partial charge in [-0.05, 0) is 57.6 Å². The summed E-state index contributed by atoms with van der Waals surface area (Å²) in [5.41, 5.74) is -1.83. The second-order valence-electron chi connectivity index (χ2n) is 8.30. The van der Waals surface area contributed by atoms with Gasteiger partial charge in [0.2, 0.25) is 0 Å². The fourth-order valence-electron chi connectivity index (χ4n) is 5.02. The summed E-state index contributed by atoms with van der Waals surface area (Å²) < 4.78 is 82.6. The van der Waals surface area contributed by atoms with E-state index in [9.17, 15) is 36.6 Å². The van der Waals surface area contributed by atoms with E-state index < -0.39 is 40.4 Å². The Labute approximate surface area is 195 Å². The topological polar surface area (TPSA) is 40.5 Å². The first-order valence-corrected chi connectivity index (χ1v) is 10.5. The first-order valence-electron chi connectivity index (χ1n) is 10.5. The Morgan fingerprint density at radius 3 is 1.26 bits per heavy atom. The summed E-state index contributed by atoms with van der Waals surface area (Å²) in [5, 5.41) is 19.9. The Morgan fingerprint density at radius 1 is 0.514 bits per heavy atom. The molecule has 1 aliphatic rings. The zero-order valence-electron chi connectivity index (χ0n) is 17.7. The normalized spacial score (nSPS) is 14.5. The van der Waals surface area contributed by atoms with E-state index in [4.69, 9.17) is 0 Å². The summed E-state index contributed by atoms with van der Waals surface area (Å²) in [6.45, 7) is 0. The molecule has 0 spiro atoms. The van der Waals surface area contributed by atoms with Crippen LogP contribution in [0.1, 0.15) is 33.4 Å². The Bertz CT molecular complexity index is 1340. The van der Waals surface area contributed by atoms with Crippen molar-refractivity contribution in [2.45, 2.75) is 17.8 Å². The molecule has 0 atom stereocenters. The maximum absolute atomic E-state index is 13.8. The van der Waals surface area contributed by atoms with Crippen molar-refractivity contribution in [3.05, 3.63) is 118 Å². The molecule has 4 aromatic carbocycles. The van der Waals surface area contributed by atoms with E-state index in [1.54, 1.807) is 48.5 Å². The van der Waals surface area contributed by atoms with E-state index in [0.717, 1.165) is 24.3 Å². The average molecular weight is 486 g/mol. The molecule has 178 valence electrons. The predicted molar refractivity (Wildman–Crippen MR) is 117 cm³/mol. The minimum Gasteiger partial charge on any atom is -0.507 e. The largest absolute Gasteiger partial charge is 0.507 e. The first kappa shape index (κ1) is 22.8. The zero-order chi connectivity index (χ0) is 25.2. The molecule has 0 aliphatic heterocycles. The standard InChI is InChI=1S/C27H16F6O2/c28-26(29,30)21-13-15(9-11-23(21)34)25(16-10-12-24(35)22(14-16)27(31,32)33)19-7-3-1-5-17(19)18-6-2-4-8-20(18)25/h1-14,34-35H. The Morgan fingerprint density at radius 2 is 0.886 bits per heavy atom. The van der Waals surface area contributed by atoms with Crippen molar-refractivity contribution in [1.29, 1.82) is 0 Å². The van der Waals surface area contributed by atoms with Crippen molar-refractivity contribution in [1.82, 2.24) is 0 Å². The van der Waals surface area contributed by atoms with Gasteiger partial charge >= 0.3 is 12.4 Å². The summed E-state index contributed by atoms with van der Waals surface area (Å²) in [6, 6.07) is 19.5. The number of hydrogen-bond acceptors (Lipinski definition) is 2. The average Bonchev–Trinajstić information content (AvgIpc) is 3.10. The SMILES string of the molecule is Oc1ccc(C2(c3ccc(O)c(C(F)(F)F)c3)c3ccccc3-c3ccccc32)cc1C(F)(F)F. The predicted octanol–water partition coefficient (Wildman–Crippen LogP) is 7.50. The van der Waals surface area contributed by atoms with Gasteiger partial charge in [-0.15, -0.1) is 0 Å². The van der Waals surface area contributed by atoms with Crippen molar-refractivity contribution in [3.63, 3.8) is 0 Å². The third-order valence-corrected chi connectivity index (χ3v) is 6.42. The Kier molecular flexibility index (Phi) is 4.91. The fraction of sp³-hybridized carbons (Fsp3) is 0.111. The number of aromatic hydroxyl groups is 2. The van der Waals surface area contributed by atoms with Gasteiger partial charge in [-0.3, -0.25) is 0 Å². The number of hydrogen-bond donors (Lipinski definition) is 2. The van der Waals surface area contributed by atoms with Gasteiger partial charge < -0.3 is 10.2 Å². The zero-order valence-corrected chi connectivity index (χ0v) is 17.7. The number of fused-ring (bicyclic) bond motifs is 3. The lowest BCUT2D eigenvalue weighted by Gasteiger charge is -2.34. The van der Waals surface area contributed by atoms with Gasteiger partial charge in [0.1, 0.15) is 11.5 Å². The maximum atomic E-state index is 13.8. The summed E-state index contributed by atoms with van der Waals surface area (Å²) in [6.07, 6.45) is -9.80. The smallest absolute Gasteiger partial charge is 0.419 e. The molecule has 0 amide bonds. The Hall–Kier alpha value is -3.94. The highest BCUT2D eigenvalue weighted by atomic mass is 19.4. The molecule has 0 heterocycles. The molecule has 0 radical (unpaired) electrons. The van der Waals surface area contributed by atoms with E-state index in [0.29, 0.717) is 22.3 Å². The van der Waals surface area contributed by atoms with Crippen LogP contribution in [0.4, 0.5) is 26.3 Å². The molecule has 35 heavy (non-hydrogen) atoms. The van der Waals surface area contributed by atoms with Crippen LogP contribution in [0, 0.1) is 0 Å². The van der Waals surface area contributed by atoms with Crippen molar-refractivity contribution in [3.8, 4) is 22.6 Å². The first-order chi connectivity index (χ1) is 16.5. The summed E-state index contributed by atoms with van der Waals surface area (Å²) >= 11 is 0. The van der Waals surface area contributed by atoms with E-state index >= 15 is 0 Å². The molecule has 0 saturated carbocycles. The lowest BCUT2D eigenvalue weighted by atomic mass is 9.67. The summed E-state index contributed by atoms with van der Waals surface area (Å²) in [7, 11) is 0. The van der Waals surface area contributed by atoms with Gasteiger partial charge in [0, 0.05) is 0 Å². The molecule has 0 unspecified atom stereocenters. The van der Waals surface area contributed by atoms with Crippen LogP contribution < -0.4 is 0 Å². The van der Waals surface area contributed by atoms with Crippen LogP contribution in [0.25, 0.3) is 11.1 Å². The molecular weight excluding hydrogens is 470 g/mol. The van der Waals surface area contributed by atoms with Gasteiger partial charge in [0.25, 0.3) is 0 Å². The molecule has 2 N–H and O–H groups in total. The van der Waals surface area contributed by atoms with E-state index in [1.807, 2.05) is 0 Å². The number of halogens is 6.